The van der Waals surface area contributed by atoms with E-state index >= 15 is 0 Å². The molecule has 5 heteroatoms. The largest absolute Gasteiger partial charge is 0.489 e. The molecule has 1 rings (SSSR count). The minimum atomic E-state index is -1.32. The second kappa shape index (κ2) is 7.11. The standard InChI is InChI=1S/C13H14O5/c1-2-6-12(14)18-11(13(15)16)9-17-10-7-4-3-5-8-10/h2-5,7-8,11H,1,6,9H2,(H,15,16). The Hall–Kier alpha value is -2.30. The number of carboxylic acid groups (broad SMARTS) is 1. The lowest BCUT2D eigenvalue weighted by atomic mass is 10.3. The van der Waals surface area contributed by atoms with Crippen LogP contribution in [0.1, 0.15) is 6.42 Å². The maximum absolute atomic E-state index is 11.2. The number of esters is 1. The summed E-state index contributed by atoms with van der Waals surface area (Å²) in [5.41, 5.74) is 0. The van der Waals surface area contributed by atoms with Gasteiger partial charge in [-0.05, 0) is 12.1 Å². The van der Waals surface area contributed by atoms with Crippen LogP contribution in [0.4, 0.5) is 0 Å². The normalized spacial score (nSPS) is 11.3. The first-order chi connectivity index (χ1) is 8.63. The summed E-state index contributed by atoms with van der Waals surface area (Å²) < 4.78 is 9.96. The molecule has 0 radical (unpaired) electrons. The van der Waals surface area contributed by atoms with E-state index in [0.29, 0.717) is 5.75 Å². The third-order valence-corrected chi connectivity index (χ3v) is 2.00. The Morgan fingerprint density at radius 1 is 1.33 bits per heavy atom. The number of rotatable bonds is 7. The summed E-state index contributed by atoms with van der Waals surface area (Å²) in [6.07, 6.45) is -0.00771. The average Bonchev–Trinajstić information content (AvgIpc) is 2.35. The molecular weight excluding hydrogens is 236 g/mol. The van der Waals surface area contributed by atoms with Gasteiger partial charge in [-0.2, -0.15) is 0 Å². The van der Waals surface area contributed by atoms with E-state index in [1.165, 1.54) is 6.08 Å². The van der Waals surface area contributed by atoms with Crippen molar-refractivity contribution in [1.29, 1.82) is 0 Å². The fraction of sp³-hybridized carbons (Fsp3) is 0.231. The molecule has 0 saturated heterocycles. The predicted octanol–water partition coefficient (Wildman–Crippen LogP) is 1.64. The van der Waals surface area contributed by atoms with Crippen molar-refractivity contribution in [2.45, 2.75) is 12.5 Å². The smallest absolute Gasteiger partial charge is 0.348 e. The summed E-state index contributed by atoms with van der Waals surface area (Å²) in [5, 5.41) is 8.89. The summed E-state index contributed by atoms with van der Waals surface area (Å²) in [6.45, 7) is 3.13. The van der Waals surface area contributed by atoms with Crippen LogP contribution in [0.25, 0.3) is 0 Å². The van der Waals surface area contributed by atoms with Gasteiger partial charge < -0.3 is 14.6 Å². The fourth-order valence-corrected chi connectivity index (χ4v) is 1.17. The molecule has 0 aliphatic heterocycles. The fourth-order valence-electron chi connectivity index (χ4n) is 1.17. The van der Waals surface area contributed by atoms with Crippen molar-refractivity contribution in [3.05, 3.63) is 43.0 Å². The lowest BCUT2D eigenvalue weighted by molar-refractivity contribution is -0.165. The average molecular weight is 250 g/mol. The van der Waals surface area contributed by atoms with Crippen LogP contribution >= 0.6 is 0 Å². The molecule has 96 valence electrons. The number of carbonyl (C=O) groups excluding carboxylic acids is 1. The Labute approximate surface area is 105 Å². The monoisotopic (exact) mass is 250 g/mol. The van der Waals surface area contributed by atoms with Gasteiger partial charge in [0.1, 0.15) is 12.4 Å². The van der Waals surface area contributed by atoms with E-state index in [9.17, 15) is 9.59 Å². The van der Waals surface area contributed by atoms with Crippen molar-refractivity contribution in [3.63, 3.8) is 0 Å². The van der Waals surface area contributed by atoms with E-state index in [2.05, 4.69) is 6.58 Å². The minimum Gasteiger partial charge on any atom is -0.489 e. The number of ether oxygens (including phenoxy) is 2. The molecule has 0 heterocycles. The molecule has 18 heavy (non-hydrogen) atoms. The number of hydrogen-bond acceptors (Lipinski definition) is 4. The topological polar surface area (TPSA) is 72.8 Å². The number of benzene rings is 1. The van der Waals surface area contributed by atoms with Crippen LogP contribution < -0.4 is 4.74 Å². The highest BCUT2D eigenvalue weighted by molar-refractivity contribution is 5.78. The summed E-state index contributed by atoms with van der Waals surface area (Å²) >= 11 is 0. The Morgan fingerprint density at radius 3 is 2.56 bits per heavy atom. The molecule has 1 atom stereocenters. The van der Waals surface area contributed by atoms with Gasteiger partial charge in [-0.25, -0.2) is 4.79 Å². The second-order valence-corrected chi connectivity index (χ2v) is 3.43. The van der Waals surface area contributed by atoms with Crippen LogP contribution in [0.2, 0.25) is 0 Å². The quantitative estimate of drug-likeness (QED) is 0.588. The van der Waals surface area contributed by atoms with Gasteiger partial charge in [0.15, 0.2) is 0 Å². The molecule has 0 aliphatic carbocycles. The number of carboxylic acids is 1. The second-order valence-electron chi connectivity index (χ2n) is 3.43. The van der Waals surface area contributed by atoms with E-state index < -0.39 is 18.0 Å². The third-order valence-electron chi connectivity index (χ3n) is 2.00. The summed E-state index contributed by atoms with van der Waals surface area (Å²) in [4.78, 5) is 22.0. The molecule has 0 bridgehead atoms. The SMILES string of the molecule is C=CCC(=O)OC(COc1ccccc1)C(=O)O. The molecule has 1 unspecified atom stereocenters. The van der Waals surface area contributed by atoms with Gasteiger partial charge in [-0.3, -0.25) is 4.79 Å². The van der Waals surface area contributed by atoms with Gasteiger partial charge in [0.2, 0.25) is 6.10 Å². The van der Waals surface area contributed by atoms with Gasteiger partial charge in [0, 0.05) is 0 Å². The van der Waals surface area contributed by atoms with Crippen LogP contribution in [-0.2, 0) is 14.3 Å². The van der Waals surface area contributed by atoms with Crippen LogP contribution in [0, 0.1) is 0 Å². The molecule has 5 nitrogen and oxygen atoms in total. The lowest BCUT2D eigenvalue weighted by Crippen LogP contribution is -2.32. The zero-order chi connectivity index (χ0) is 13.4. The molecule has 0 amide bonds. The predicted molar refractivity (Wildman–Crippen MR) is 64.3 cm³/mol. The molecule has 0 fully saturated rings. The van der Waals surface area contributed by atoms with Crippen molar-refractivity contribution in [1.82, 2.24) is 0 Å². The van der Waals surface area contributed by atoms with E-state index in [1.54, 1.807) is 24.3 Å². The van der Waals surface area contributed by atoms with E-state index in [1.807, 2.05) is 6.07 Å². The lowest BCUT2D eigenvalue weighted by Gasteiger charge is -2.14. The Kier molecular flexibility index (Phi) is 5.44. The van der Waals surface area contributed by atoms with Crippen LogP contribution in [0.3, 0.4) is 0 Å². The highest BCUT2D eigenvalue weighted by atomic mass is 16.6. The van der Waals surface area contributed by atoms with Gasteiger partial charge >= 0.3 is 11.9 Å². The van der Waals surface area contributed by atoms with Gasteiger partial charge in [-0.15, -0.1) is 6.58 Å². The Balaban J connectivity index is 2.51. The molecule has 0 aliphatic rings. The number of aliphatic carboxylic acids is 1. The maximum atomic E-state index is 11.2. The van der Waals surface area contributed by atoms with E-state index in [-0.39, 0.29) is 13.0 Å². The molecule has 0 aromatic heterocycles. The molecule has 1 N–H and O–H groups in total. The number of carbonyl (C=O) groups is 2. The van der Waals surface area contributed by atoms with Crippen LogP contribution in [0.5, 0.6) is 5.75 Å². The van der Waals surface area contributed by atoms with Gasteiger partial charge in [0.25, 0.3) is 0 Å². The van der Waals surface area contributed by atoms with Crippen molar-refractivity contribution in [2.24, 2.45) is 0 Å². The van der Waals surface area contributed by atoms with Gasteiger partial charge in [-0.1, -0.05) is 24.3 Å². The van der Waals surface area contributed by atoms with E-state index in [0.717, 1.165) is 0 Å². The highest BCUT2D eigenvalue weighted by Crippen LogP contribution is 2.09. The minimum absolute atomic E-state index is 0.0326. The number of hydrogen-bond donors (Lipinski definition) is 1. The first-order valence-electron chi connectivity index (χ1n) is 5.34. The summed E-state index contributed by atoms with van der Waals surface area (Å²) in [6, 6.07) is 8.70. The van der Waals surface area contributed by atoms with Crippen molar-refractivity contribution < 1.29 is 24.2 Å². The zero-order valence-corrected chi connectivity index (χ0v) is 9.74. The molecular formula is C13H14O5. The highest BCUT2D eigenvalue weighted by Gasteiger charge is 2.22. The molecule has 0 spiro atoms. The Bertz CT molecular complexity index is 413. The zero-order valence-electron chi connectivity index (χ0n) is 9.74. The Morgan fingerprint density at radius 2 is 2.00 bits per heavy atom. The van der Waals surface area contributed by atoms with Crippen molar-refractivity contribution in [2.75, 3.05) is 6.61 Å². The maximum Gasteiger partial charge on any atom is 0.348 e. The first-order valence-corrected chi connectivity index (χ1v) is 5.34. The van der Waals surface area contributed by atoms with Crippen molar-refractivity contribution in [3.8, 4) is 5.75 Å². The van der Waals surface area contributed by atoms with Gasteiger partial charge in [0.05, 0.1) is 6.42 Å². The number of para-hydroxylation sites is 1. The summed E-state index contributed by atoms with van der Waals surface area (Å²) in [5.74, 6) is -1.37. The summed E-state index contributed by atoms with van der Waals surface area (Å²) in [7, 11) is 0. The molecule has 0 saturated carbocycles. The first kappa shape index (κ1) is 13.8. The van der Waals surface area contributed by atoms with E-state index in [4.69, 9.17) is 14.6 Å². The molecule has 1 aromatic rings. The van der Waals surface area contributed by atoms with Crippen molar-refractivity contribution >= 4 is 11.9 Å². The van der Waals surface area contributed by atoms with Crippen LogP contribution in [0.15, 0.2) is 43.0 Å². The molecule has 1 aromatic carbocycles. The third kappa shape index (κ3) is 4.69. The van der Waals surface area contributed by atoms with Crippen LogP contribution in [-0.4, -0.2) is 29.8 Å².